The molecule has 146 valence electrons. The fraction of sp³-hybridized carbons (Fsp3) is 0.200. The summed E-state index contributed by atoms with van der Waals surface area (Å²) in [5.74, 6) is -2.18. The molecule has 0 heterocycles. The zero-order chi connectivity index (χ0) is 20.5. The Morgan fingerprint density at radius 1 is 0.929 bits per heavy atom. The quantitative estimate of drug-likeness (QED) is 0.421. The minimum Gasteiger partial charge on any atom is -0.457 e. The van der Waals surface area contributed by atoms with Gasteiger partial charge in [-0.15, -0.1) is 0 Å². The summed E-state index contributed by atoms with van der Waals surface area (Å²) < 4.78 is 4.88. The number of carbonyl (C=O) groups is 4. The van der Waals surface area contributed by atoms with E-state index < -0.39 is 24.4 Å². The molecule has 0 atom stereocenters. The molecule has 0 aliphatic rings. The van der Waals surface area contributed by atoms with E-state index in [2.05, 4.69) is 10.9 Å². The second-order valence-electron chi connectivity index (χ2n) is 5.93. The van der Waals surface area contributed by atoms with Crippen LogP contribution in [0, 0.1) is 6.92 Å². The lowest BCUT2D eigenvalue weighted by Gasteiger charge is -2.08. The van der Waals surface area contributed by atoms with Crippen molar-refractivity contribution >= 4 is 35.2 Å². The van der Waals surface area contributed by atoms with E-state index in [1.54, 1.807) is 42.5 Å². The van der Waals surface area contributed by atoms with Gasteiger partial charge >= 0.3 is 5.97 Å². The van der Waals surface area contributed by atoms with Crippen LogP contribution in [-0.2, 0) is 14.3 Å². The first kappa shape index (κ1) is 21.1. The Hall–Kier alpha value is -3.19. The number of amides is 2. The molecule has 0 aromatic heterocycles. The Labute approximate surface area is 167 Å². The highest BCUT2D eigenvalue weighted by atomic mass is 35.5. The van der Waals surface area contributed by atoms with Crippen LogP contribution in [0.15, 0.2) is 48.5 Å². The van der Waals surface area contributed by atoms with Gasteiger partial charge in [0.25, 0.3) is 5.91 Å². The zero-order valence-electron chi connectivity index (χ0n) is 15.2. The van der Waals surface area contributed by atoms with Crippen molar-refractivity contribution in [1.29, 1.82) is 0 Å². The summed E-state index contributed by atoms with van der Waals surface area (Å²) in [7, 11) is 0. The van der Waals surface area contributed by atoms with Crippen LogP contribution in [0.1, 0.15) is 39.1 Å². The van der Waals surface area contributed by atoms with Crippen molar-refractivity contribution in [2.24, 2.45) is 0 Å². The van der Waals surface area contributed by atoms with Gasteiger partial charge in [-0.2, -0.15) is 0 Å². The van der Waals surface area contributed by atoms with Crippen LogP contribution in [-0.4, -0.2) is 30.2 Å². The summed E-state index contributed by atoms with van der Waals surface area (Å²) in [4.78, 5) is 47.2. The number of hydrazine groups is 1. The fourth-order valence-electron chi connectivity index (χ4n) is 2.16. The van der Waals surface area contributed by atoms with Gasteiger partial charge in [-0.25, -0.2) is 0 Å². The number of ketones is 1. The van der Waals surface area contributed by atoms with Gasteiger partial charge in [0.05, 0.1) is 17.0 Å². The molecule has 2 N–H and O–H groups in total. The Kier molecular flexibility index (Phi) is 7.71. The van der Waals surface area contributed by atoms with Crippen LogP contribution in [0.25, 0.3) is 0 Å². The van der Waals surface area contributed by atoms with Gasteiger partial charge < -0.3 is 4.74 Å². The number of ether oxygens (including phenoxy) is 1. The average Bonchev–Trinajstić information content (AvgIpc) is 2.69. The highest BCUT2D eigenvalue weighted by Gasteiger charge is 2.13. The first-order valence-corrected chi connectivity index (χ1v) is 8.84. The van der Waals surface area contributed by atoms with E-state index in [0.717, 1.165) is 5.56 Å². The molecule has 2 aromatic carbocycles. The molecule has 2 amide bonds. The highest BCUT2D eigenvalue weighted by molar-refractivity contribution is 6.33. The van der Waals surface area contributed by atoms with Gasteiger partial charge in [-0.1, -0.05) is 53.6 Å². The molecule has 2 aromatic rings. The van der Waals surface area contributed by atoms with E-state index in [1.165, 1.54) is 6.07 Å². The third-order valence-corrected chi connectivity index (χ3v) is 4.06. The minimum absolute atomic E-state index is 0.207. The van der Waals surface area contributed by atoms with Crippen molar-refractivity contribution in [3.05, 3.63) is 70.2 Å². The second kappa shape index (κ2) is 10.2. The van der Waals surface area contributed by atoms with Crippen molar-refractivity contribution in [2.75, 3.05) is 6.61 Å². The monoisotopic (exact) mass is 402 g/mol. The zero-order valence-corrected chi connectivity index (χ0v) is 15.9. The molecule has 0 bridgehead atoms. The standard InChI is InChI=1S/C20H19ClN2O5/c1-13-6-8-14(9-7-13)17(24)12-28-19(26)11-10-18(25)22-23-20(27)15-4-2-3-5-16(15)21/h2-9H,10-12H2,1H3,(H,22,25)(H,23,27). The van der Waals surface area contributed by atoms with Gasteiger partial charge in [0.2, 0.25) is 5.91 Å². The topological polar surface area (TPSA) is 102 Å². The predicted molar refractivity (Wildman–Crippen MR) is 103 cm³/mol. The predicted octanol–water partition coefficient (Wildman–Crippen LogP) is 2.62. The number of hydrogen-bond acceptors (Lipinski definition) is 5. The van der Waals surface area contributed by atoms with Gasteiger partial charge in [0.15, 0.2) is 12.4 Å². The lowest BCUT2D eigenvalue weighted by Crippen LogP contribution is -2.41. The minimum atomic E-state index is -0.687. The van der Waals surface area contributed by atoms with Crippen LogP contribution in [0.4, 0.5) is 0 Å². The fourth-order valence-corrected chi connectivity index (χ4v) is 2.38. The largest absolute Gasteiger partial charge is 0.457 e. The lowest BCUT2D eigenvalue weighted by atomic mass is 10.1. The Morgan fingerprint density at radius 2 is 1.61 bits per heavy atom. The maximum absolute atomic E-state index is 11.9. The number of benzene rings is 2. The number of halogens is 1. The number of aryl methyl sites for hydroxylation is 1. The number of esters is 1. The third-order valence-electron chi connectivity index (χ3n) is 3.73. The van der Waals surface area contributed by atoms with Gasteiger partial charge in [0.1, 0.15) is 0 Å². The molecule has 0 fully saturated rings. The average molecular weight is 403 g/mol. The Balaban J connectivity index is 1.68. The number of nitrogens with one attached hydrogen (secondary N) is 2. The summed E-state index contributed by atoms with van der Waals surface area (Å²) in [6, 6.07) is 13.2. The van der Waals surface area contributed by atoms with Gasteiger partial charge in [0, 0.05) is 12.0 Å². The van der Waals surface area contributed by atoms with Crippen LogP contribution < -0.4 is 10.9 Å². The van der Waals surface area contributed by atoms with Crippen molar-refractivity contribution in [1.82, 2.24) is 10.9 Å². The van der Waals surface area contributed by atoms with Crippen molar-refractivity contribution in [3.8, 4) is 0 Å². The first-order valence-electron chi connectivity index (χ1n) is 8.46. The normalized spacial score (nSPS) is 10.1. The molecule has 7 nitrogen and oxygen atoms in total. The SMILES string of the molecule is Cc1ccc(C(=O)COC(=O)CCC(=O)NNC(=O)c2ccccc2Cl)cc1. The van der Waals surface area contributed by atoms with E-state index in [1.807, 2.05) is 6.92 Å². The Bertz CT molecular complexity index is 880. The molecular formula is C20H19ClN2O5. The van der Waals surface area contributed by atoms with Crippen LogP contribution in [0.3, 0.4) is 0 Å². The van der Waals surface area contributed by atoms with Gasteiger partial charge in [-0.3, -0.25) is 30.0 Å². The number of Topliss-reactive ketones (excluding diaryl/α,β-unsaturated/α-hetero) is 1. The van der Waals surface area contributed by atoms with Crippen molar-refractivity contribution < 1.29 is 23.9 Å². The summed E-state index contributed by atoms with van der Waals surface area (Å²) in [6.07, 6.45) is -0.435. The summed E-state index contributed by atoms with van der Waals surface area (Å²) in [6.45, 7) is 1.50. The van der Waals surface area contributed by atoms with E-state index in [4.69, 9.17) is 16.3 Å². The lowest BCUT2D eigenvalue weighted by molar-refractivity contribution is -0.143. The summed E-state index contributed by atoms with van der Waals surface area (Å²) >= 11 is 5.89. The second-order valence-corrected chi connectivity index (χ2v) is 6.34. The van der Waals surface area contributed by atoms with Crippen LogP contribution >= 0.6 is 11.6 Å². The number of carbonyl (C=O) groups excluding carboxylic acids is 4. The van der Waals surface area contributed by atoms with Crippen LogP contribution in [0.5, 0.6) is 0 Å². The van der Waals surface area contributed by atoms with Crippen molar-refractivity contribution in [2.45, 2.75) is 19.8 Å². The summed E-state index contributed by atoms with van der Waals surface area (Å²) in [5.41, 5.74) is 6.06. The van der Waals surface area contributed by atoms with E-state index in [0.29, 0.717) is 5.56 Å². The summed E-state index contributed by atoms with van der Waals surface area (Å²) in [5, 5.41) is 0.246. The highest BCUT2D eigenvalue weighted by Crippen LogP contribution is 2.14. The van der Waals surface area contributed by atoms with Gasteiger partial charge in [-0.05, 0) is 19.1 Å². The number of rotatable bonds is 7. The molecule has 0 radical (unpaired) electrons. The number of hydrogen-bond donors (Lipinski definition) is 2. The molecule has 0 unspecified atom stereocenters. The molecule has 0 aliphatic carbocycles. The molecular weight excluding hydrogens is 384 g/mol. The molecule has 8 heteroatoms. The molecule has 0 saturated heterocycles. The smallest absolute Gasteiger partial charge is 0.306 e. The molecule has 28 heavy (non-hydrogen) atoms. The van der Waals surface area contributed by atoms with E-state index in [9.17, 15) is 19.2 Å². The molecule has 0 saturated carbocycles. The Morgan fingerprint density at radius 3 is 2.29 bits per heavy atom. The third kappa shape index (κ3) is 6.51. The first-order chi connectivity index (χ1) is 13.4. The maximum atomic E-state index is 11.9. The molecule has 2 rings (SSSR count). The van der Waals surface area contributed by atoms with Crippen LogP contribution in [0.2, 0.25) is 5.02 Å². The molecule has 0 spiro atoms. The van der Waals surface area contributed by atoms with E-state index >= 15 is 0 Å². The molecule has 0 aliphatic heterocycles. The van der Waals surface area contributed by atoms with Crippen molar-refractivity contribution in [3.63, 3.8) is 0 Å². The van der Waals surface area contributed by atoms with E-state index in [-0.39, 0.29) is 29.2 Å². The maximum Gasteiger partial charge on any atom is 0.306 e.